The van der Waals surface area contributed by atoms with E-state index in [4.69, 9.17) is 15.2 Å². The Kier molecular flexibility index (Phi) is 6.48. The number of benzene rings is 1. The number of guanidine groups is 1. The maximum Gasteiger partial charge on any atom is 0.416 e. The van der Waals surface area contributed by atoms with E-state index in [1.54, 1.807) is 7.11 Å². The lowest BCUT2D eigenvalue weighted by Crippen LogP contribution is -2.40. The summed E-state index contributed by atoms with van der Waals surface area (Å²) in [5, 5.41) is 2.83. The van der Waals surface area contributed by atoms with Crippen LogP contribution in [0.3, 0.4) is 0 Å². The molecule has 1 atom stereocenters. The Balaban J connectivity index is 2.89. The van der Waals surface area contributed by atoms with Crippen molar-refractivity contribution >= 4 is 5.96 Å². The number of nitrogens with two attached hydrogens (primary N) is 1. The summed E-state index contributed by atoms with van der Waals surface area (Å²) in [6, 6.07) is 3.64. The van der Waals surface area contributed by atoms with Gasteiger partial charge in [-0.2, -0.15) is 13.2 Å². The van der Waals surface area contributed by atoms with Gasteiger partial charge in [0, 0.05) is 13.2 Å². The van der Waals surface area contributed by atoms with E-state index in [1.165, 1.54) is 19.2 Å². The highest BCUT2D eigenvalue weighted by Crippen LogP contribution is 2.34. The predicted octanol–water partition coefficient (Wildman–Crippen LogP) is 2.15. The average Bonchev–Trinajstić information content (AvgIpc) is 2.44. The number of alkyl halides is 3. The van der Waals surface area contributed by atoms with Crippen molar-refractivity contribution in [3.8, 4) is 5.75 Å². The summed E-state index contributed by atoms with van der Waals surface area (Å²) in [7, 11) is 2.85. The van der Waals surface area contributed by atoms with Gasteiger partial charge in [-0.3, -0.25) is 0 Å². The molecule has 0 saturated carbocycles. The van der Waals surface area contributed by atoms with Crippen LogP contribution in [0.15, 0.2) is 23.2 Å². The quantitative estimate of drug-likeness (QED) is 0.623. The third kappa shape index (κ3) is 5.44. The highest BCUT2D eigenvalue weighted by Gasteiger charge is 2.33. The van der Waals surface area contributed by atoms with Crippen molar-refractivity contribution in [2.24, 2.45) is 10.7 Å². The van der Waals surface area contributed by atoms with Crippen LogP contribution in [0.4, 0.5) is 13.2 Å². The van der Waals surface area contributed by atoms with Crippen LogP contribution < -0.4 is 15.8 Å². The first-order valence-corrected chi connectivity index (χ1v) is 6.57. The van der Waals surface area contributed by atoms with E-state index in [0.29, 0.717) is 6.61 Å². The summed E-state index contributed by atoms with van der Waals surface area (Å²) in [4.78, 5) is 3.93. The van der Waals surface area contributed by atoms with Crippen LogP contribution in [0.2, 0.25) is 0 Å². The van der Waals surface area contributed by atoms with Gasteiger partial charge < -0.3 is 20.5 Å². The summed E-state index contributed by atoms with van der Waals surface area (Å²) >= 11 is 0. The average molecular weight is 319 g/mol. The van der Waals surface area contributed by atoms with Gasteiger partial charge in [0.2, 0.25) is 0 Å². The third-order valence-electron chi connectivity index (χ3n) is 2.85. The van der Waals surface area contributed by atoms with Crippen molar-refractivity contribution in [3.05, 3.63) is 29.3 Å². The Hall–Kier alpha value is -1.96. The van der Waals surface area contributed by atoms with Crippen molar-refractivity contribution in [2.45, 2.75) is 25.7 Å². The molecule has 0 fully saturated rings. The second-order valence-electron chi connectivity index (χ2n) is 4.72. The summed E-state index contributed by atoms with van der Waals surface area (Å²) in [5.41, 5.74) is 4.89. The Morgan fingerprint density at radius 2 is 2.05 bits per heavy atom. The van der Waals surface area contributed by atoms with E-state index in [9.17, 15) is 13.2 Å². The van der Waals surface area contributed by atoms with Gasteiger partial charge in [-0.05, 0) is 24.6 Å². The molecule has 1 aromatic rings. The smallest absolute Gasteiger partial charge is 0.416 e. The minimum absolute atomic E-state index is 0.0254. The molecule has 0 saturated heterocycles. The van der Waals surface area contributed by atoms with Crippen molar-refractivity contribution < 1.29 is 22.6 Å². The van der Waals surface area contributed by atoms with Gasteiger partial charge in [0.15, 0.2) is 5.96 Å². The molecule has 3 N–H and O–H groups in total. The minimum atomic E-state index is -4.48. The van der Waals surface area contributed by atoms with Gasteiger partial charge in [0.1, 0.15) is 5.75 Å². The fourth-order valence-electron chi connectivity index (χ4n) is 1.84. The SMILES string of the molecule is COCC(C)NC(N)=NCc1ccc(OC)cc1C(F)(F)F. The number of hydrogen-bond donors (Lipinski definition) is 2. The Morgan fingerprint density at radius 3 is 2.59 bits per heavy atom. The molecule has 0 aromatic heterocycles. The molecule has 0 aliphatic carbocycles. The molecule has 5 nitrogen and oxygen atoms in total. The predicted molar refractivity (Wildman–Crippen MR) is 77.8 cm³/mol. The number of nitrogens with one attached hydrogen (secondary N) is 1. The lowest BCUT2D eigenvalue weighted by atomic mass is 10.1. The number of methoxy groups -OCH3 is 2. The van der Waals surface area contributed by atoms with E-state index in [1.807, 2.05) is 6.92 Å². The van der Waals surface area contributed by atoms with Crippen LogP contribution in [-0.4, -0.2) is 32.8 Å². The zero-order valence-electron chi connectivity index (χ0n) is 12.7. The lowest BCUT2D eigenvalue weighted by Gasteiger charge is -2.15. The van der Waals surface area contributed by atoms with Crippen LogP contribution in [0.25, 0.3) is 0 Å². The van der Waals surface area contributed by atoms with Crippen LogP contribution in [0, 0.1) is 0 Å². The zero-order valence-corrected chi connectivity index (χ0v) is 12.7. The van der Waals surface area contributed by atoms with Crippen molar-refractivity contribution in [1.82, 2.24) is 5.32 Å². The first-order valence-electron chi connectivity index (χ1n) is 6.57. The molecule has 1 unspecified atom stereocenters. The molecular formula is C14H20F3N3O2. The molecular weight excluding hydrogens is 299 g/mol. The fraction of sp³-hybridized carbons (Fsp3) is 0.500. The summed E-state index contributed by atoms with van der Waals surface area (Å²) in [6.07, 6.45) is -4.48. The molecule has 0 aliphatic rings. The Bertz CT molecular complexity index is 519. The standard InChI is InChI=1S/C14H20F3N3O2/c1-9(8-21-2)20-13(18)19-7-10-4-5-11(22-3)6-12(10)14(15,16)17/h4-6,9H,7-8H2,1-3H3,(H3,18,19,20). The van der Waals surface area contributed by atoms with Crippen molar-refractivity contribution in [2.75, 3.05) is 20.8 Å². The minimum Gasteiger partial charge on any atom is -0.497 e. The molecule has 0 radical (unpaired) electrons. The zero-order chi connectivity index (χ0) is 16.8. The van der Waals surface area contributed by atoms with Gasteiger partial charge in [0.25, 0.3) is 0 Å². The van der Waals surface area contributed by atoms with E-state index in [0.717, 1.165) is 6.07 Å². The molecule has 1 aromatic carbocycles. The van der Waals surface area contributed by atoms with Gasteiger partial charge in [-0.15, -0.1) is 0 Å². The second-order valence-corrected chi connectivity index (χ2v) is 4.72. The highest BCUT2D eigenvalue weighted by atomic mass is 19.4. The monoisotopic (exact) mass is 319 g/mol. The lowest BCUT2D eigenvalue weighted by molar-refractivity contribution is -0.138. The molecule has 8 heteroatoms. The van der Waals surface area contributed by atoms with Crippen LogP contribution in [-0.2, 0) is 17.5 Å². The Labute approximate surface area is 127 Å². The molecule has 0 heterocycles. The van der Waals surface area contributed by atoms with Crippen molar-refractivity contribution in [1.29, 1.82) is 0 Å². The van der Waals surface area contributed by atoms with Gasteiger partial charge >= 0.3 is 6.18 Å². The van der Waals surface area contributed by atoms with E-state index >= 15 is 0 Å². The van der Waals surface area contributed by atoms with Gasteiger partial charge in [-0.25, -0.2) is 4.99 Å². The molecule has 124 valence electrons. The third-order valence-corrected chi connectivity index (χ3v) is 2.85. The highest BCUT2D eigenvalue weighted by molar-refractivity contribution is 5.78. The van der Waals surface area contributed by atoms with Crippen LogP contribution in [0.1, 0.15) is 18.1 Å². The molecule has 0 amide bonds. The number of rotatable bonds is 6. The van der Waals surface area contributed by atoms with Crippen LogP contribution in [0.5, 0.6) is 5.75 Å². The van der Waals surface area contributed by atoms with E-state index < -0.39 is 11.7 Å². The summed E-state index contributed by atoms with van der Waals surface area (Å²) < 4.78 is 48.8. The van der Waals surface area contributed by atoms with Gasteiger partial charge in [-0.1, -0.05) is 6.07 Å². The van der Waals surface area contributed by atoms with Crippen LogP contribution >= 0.6 is 0 Å². The molecule has 0 bridgehead atoms. The number of ether oxygens (including phenoxy) is 2. The molecule has 1 rings (SSSR count). The second kappa shape index (κ2) is 7.88. The molecule has 0 aliphatic heterocycles. The normalized spacial score (nSPS) is 13.8. The summed E-state index contributed by atoms with van der Waals surface area (Å²) in [6.45, 7) is 2.05. The van der Waals surface area contributed by atoms with Crippen molar-refractivity contribution in [3.63, 3.8) is 0 Å². The Morgan fingerprint density at radius 1 is 1.36 bits per heavy atom. The van der Waals surface area contributed by atoms with Gasteiger partial charge in [0.05, 0.1) is 25.8 Å². The number of nitrogens with zero attached hydrogens (tertiary/aromatic N) is 1. The number of halogens is 3. The first-order chi connectivity index (χ1) is 10.3. The first kappa shape index (κ1) is 18.1. The van der Waals surface area contributed by atoms with E-state index in [2.05, 4.69) is 10.3 Å². The number of hydrogen-bond acceptors (Lipinski definition) is 3. The van der Waals surface area contributed by atoms with E-state index in [-0.39, 0.29) is 29.9 Å². The summed E-state index contributed by atoms with van der Waals surface area (Å²) in [5.74, 6) is 0.202. The molecule has 22 heavy (non-hydrogen) atoms. The number of aliphatic imine (C=N–C) groups is 1. The maximum atomic E-state index is 13.0. The largest absolute Gasteiger partial charge is 0.497 e. The topological polar surface area (TPSA) is 68.9 Å². The maximum absolute atomic E-state index is 13.0. The fourth-order valence-corrected chi connectivity index (χ4v) is 1.84. The molecule has 0 spiro atoms.